The van der Waals surface area contributed by atoms with E-state index in [1.807, 2.05) is 49.5 Å². The average Bonchev–Trinajstić information content (AvgIpc) is 3.12. The van der Waals surface area contributed by atoms with Gasteiger partial charge in [-0.2, -0.15) is 5.10 Å². The lowest BCUT2D eigenvalue weighted by atomic mass is 10.1. The van der Waals surface area contributed by atoms with Crippen LogP contribution in [0.3, 0.4) is 0 Å². The van der Waals surface area contributed by atoms with E-state index in [9.17, 15) is 4.79 Å². The fraction of sp³-hybridized carbons (Fsp3) is 0.200. The smallest absolute Gasteiger partial charge is 0.228 e. The number of methoxy groups -OCH3 is 2. The molecule has 6 heteroatoms. The Kier molecular flexibility index (Phi) is 5.22. The summed E-state index contributed by atoms with van der Waals surface area (Å²) in [4.78, 5) is 12.4. The van der Waals surface area contributed by atoms with Gasteiger partial charge in [0.25, 0.3) is 0 Å². The van der Waals surface area contributed by atoms with E-state index in [0.717, 1.165) is 16.8 Å². The molecule has 26 heavy (non-hydrogen) atoms. The first kappa shape index (κ1) is 17.5. The molecule has 0 aliphatic carbocycles. The van der Waals surface area contributed by atoms with Gasteiger partial charge in [0.05, 0.1) is 32.5 Å². The molecule has 1 N–H and O–H groups in total. The van der Waals surface area contributed by atoms with E-state index in [0.29, 0.717) is 17.2 Å². The van der Waals surface area contributed by atoms with Crippen molar-refractivity contribution in [1.29, 1.82) is 0 Å². The Balaban J connectivity index is 1.71. The molecule has 0 spiro atoms. The third kappa shape index (κ3) is 3.85. The third-order valence-corrected chi connectivity index (χ3v) is 4.03. The summed E-state index contributed by atoms with van der Waals surface area (Å²) in [7, 11) is 3.15. The number of hydrogen-bond acceptors (Lipinski definition) is 4. The van der Waals surface area contributed by atoms with Crippen LogP contribution >= 0.6 is 0 Å². The molecule has 0 fully saturated rings. The molecule has 2 aromatic carbocycles. The fourth-order valence-corrected chi connectivity index (χ4v) is 2.67. The van der Waals surface area contributed by atoms with E-state index in [4.69, 9.17) is 9.47 Å². The minimum absolute atomic E-state index is 0.118. The Hall–Kier alpha value is -3.28. The van der Waals surface area contributed by atoms with Gasteiger partial charge >= 0.3 is 0 Å². The van der Waals surface area contributed by atoms with Crippen LogP contribution in [0.4, 0.5) is 5.69 Å². The number of carbonyl (C=O) groups excluding carboxylic acids is 1. The minimum Gasteiger partial charge on any atom is -0.493 e. The lowest BCUT2D eigenvalue weighted by Crippen LogP contribution is -2.15. The zero-order valence-corrected chi connectivity index (χ0v) is 15.0. The molecule has 1 heterocycles. The number of nitrogens with one attached hydrogen (secondary N) is 1. The quantitative estimate of drug-likeness (QED) is 0.739. The van der Waals surface area contributed by atoms with E-state index in [1.165, 1.54) is 0 Å². The maximum atomic E-state index is 12.4. The van der Waals surface area contributed by atoms with Gasteiger partial charge in [0.2, 0.25) is 5.91 Å². The molecule has 0 unspecified atom stereocenters. The Morgan fingerprint density at radius 3 is 2.50 bits per heavy atom. The molecular weight excluding hydrogens is 330 g/mol. The zero-order valence-electron chi connectivity index (χ0n) is 15.0. The van der Waals surface area contributed by atoms with Crippen molar-refractivity contribution in [3.05, 3.63) is 66.0 Å². The largest absolute Gasteiger partial charge is 0.493 e. The van der Waals surface area contributed by atoms with Crippen LogP contribution in [-0.4, -0.2) is 29.9 Å². The Morgan fingerprint density at radius 1 is 1.12 bits per heavy atom. The zero-order chi connectivity index (χ0) is 18.5. The number of aromatic nitrogens is 2. The van der Waals surface area contributed by atoms with Gasteiger partial charge in [-0.3, -0.25) is 4.79 Å². The number of hydrogen-bond donors (Lipinski definition) is 1. The van der Waals surface area contributed by atoms with Gasteiger partial charge < -0.3 is 14.8 Å². The average molecular weight is 351 g/mol. The van der Waals surface area contributed by atoms with Crippen molar-refractivity contribution in [3.63, 3.8) is 0 Å². The number of benzene rings is 2. The summed E-state index contributed by atoms with van der Waals surface area (Å²) in [6.45, 7) is 1.91. The lowest BCUT2D eigenvalue weighted by molar-refractivity contribution is -0.115. The van der Waals surface area contributed by atoms with Gasteiger partial charge in [-0.25, -0.2) is 4.68 Å². The number of carbonyl (C=O) groups is 1. The highest BCUT2D eigenvalue weighted by Gasteiger charge is 2.12. The maximum absolute atomic E-state index is 12.4. The SMILES string of the molecule is COc1cc(C)c(NC(=O)Cc2cnn(-c3ccccc3)c2)cc1OC. The van der Waals surface area contributed by atoms with Gasteiger partial charge in [0.1, 0.15) is 0 Å². The highest BCUT2D eigenvalue weighted by atomic mass is 16.5. The molecule has 3 aromatic rings. The fourth-order valence-electron chi connectivity index (χ4n) is 2.67. The molecule has 0 aliphatic rings. The number of ether oxygens (including phenoxy) is 2. The number of para-hydroxylation sites is 1. The highest BCUT2D eigenvalue weighted by molar-refractivity contribution is 5.93. The molecule has 1 amide bonds. The molecule has 134 valence electrons. The van der Waals surface area contributed by atoms with Gasteiger partial charge in [-0.15, -0.1) is 0 Å². The van der Waals surface area contributed by atoms with Crippen molar-refractivity contribution >= 4 is 11.6 Å². The molecule has 6 nitrogen and oxygen atoms in total. The second kappa shape index (κ2) is 7.74. The Morgan fingerprint density at radius 2 is 1.81 bits per heavy atom. The first-order valence-corrected chi connectivity index (χ1v) is 8.22. The van der Waals surface area contributed by atoms with Crippen molar-refractivity contribution < 1.29 is 14.3 Å². The van der Waals surface area contributed by atoms with Crippen molar-refractivity contribution in [1.82, 2.24) is 9.78 Å². The van der Waals surface area contributed by atoms with Crippen LogP contribution in [0.2, 0.25) is 0 Å². The molecule has 1 aromatic heterocycles. The van der Waals surface area contributed by atoms with E-state index >= 15 is 0 Å². The second-order valence-corrected chi connectivity index (χ2v) is 5.88. The van der Waals surface area contributed by atoms with Crippen molar-refractivity contribution in [2.24, 2.45) is 0 Å². The first-order valence-electron chi connectivity index (χ1n) is 8.22. The normalized spacial score (nSPS) is 10.4. The summed E-state index contributed by atoms with van der Waals surface area (Å²) in [5.74, 6) is 1.09. The monoisotopic (exact) mass is 351 g/mol. The maximum Gasteiger partial charge on any atom is 0.228 e. The van der Waals surface area contributed by atoms with Crippen molar-refractivity contribution in [2.45, 2.75) is 13.3 Å². The minimum atomic E-state index is -0.118. The number of anilines is 1. The van der Waals surface area contributed by atoms with Gasteiger partial charge in [0.15, 0.2) is 11.5 Å². The third-order valence-electron chi connectivity index (χ3n) is 4.03. The van der Waals surface area contributed by atoms with Gasteiger partial charge in [0, 0.05) is 18.0 Å². The molecule has 3 rings (SSSR count). The van der Waals surface area contributed by atoms with Crippen LogP contribution in [0.5, 0.6) is 11.5 Å². The Labute approximate surface area is 152 Å². The van der Waals surface area contributed by atoms with E-state index in [-0.39, 0.29) is 12.3 Å². The number of rotatable bonds is 6. The molecule has 0 saturated carbocycles. The van der Waals surface area contributed by atoms with Gasteiger partial charge in [-0.1, -0.05) is 18.2 Å². The molecular formula is C20H21N3O3. The standard InChI is InChI=1S/C20H21N3O3/c1-14-9-18(25-2)19(26-3)11-17(14)22-20(24)10-15-12-21-23(13-15)16-7-5-4-6-8-16/h4-9,11-13H,10H2,1-3H3,(H,22,24). The summed E-state index contributed by atoms with van der Waals surface area (Å²) in [5.41, 5.74) is 3.39. The van der Waals surface area contributed by atoms with Crippen LogP contribution < -0.4 is 14.8 Å². The summed E-state index contributed by atoms with van der Waals surface area (Å²) in [5, 5.41) is 7.24. The van der Waals surface area contributed by atoms with Crippen molar-refractivity contribution in [2.75, 3.05) is 19.5 Å². The van der Waals surface area contributed by atoms with Gasteiger partial charge in [-0.05, 0) is 36.2 Å². The molecule has 0 atom stereocenters. The number of aryl methyl sites for hydroxylation is 1. The van der Waals surface area contributed by atoms with Crippen LogP contribution in [-0.2, 0) is 11.2 Å². The van der Waals surface area contributed by atoms with E-state index in [2.05, 4.69) is 10.4 Å². The summed E-state index contributed by atoms with van der Waals surface area (Å²) in [6.07, 6.45) is 3.80. The van der Waals surface area contributed by atoms with Crippen LogP contribution in [0.15, 0.2) is 54.9 Å². The van der Waals surface area contributed by atoms with Crippen LogP contribution in [0, 0.1) is 6.92 Å². The predicted molar refractivity (Wildman–Crippen MR) is 100 cm³/mol. The summed E-state index contributed by atoms with van der Waals surface area (Å²) in [6, 6.07) is 13.4. The second-order valence-electron chi connectivity index (χ2n) is 5.88. The summed E-state index contributed by atoms with van der Waals surface area (Å²) >= 11 is 0. The summed E-state index contributed by atoms with van der Waals surface area (Å²) < 4.78 is 12.3. The first-order chi connectivity index (χ1) is 12.6. The predicted octanol–water partition coefficient (Wildman–Crippen LogP) is 3.38. The molecule has 0 radical (unpaired) electrons. The highest BCUT2D eigenvalue weighted by Crippen LogP contribution is 2.32. The Bertz CT molecular complexity index is 904. The van der Waals surface area contributed by atoms with E-state index in [1.54, 1.807) is 31.2 Å². The van der Waals surface area contributed by atoms with Crippen LogP contribution in [0.25, 0.3) is 5.69 Å². The van der Waals surface area contributed by atoms with Crippen LogP contribution in [0.1, 0.15) is 11.1 Å². The molecule has 0 aliphatic heterocycles. The number of amides is 1. The molecule has 0 bridgehead atoms. The van der Waals surface area contributed by atoms with Crippen molar-refractivity contribution in [3.8, 4) is 17.2 Å². The number of nitrogens with zero attached hydrogens (tertiary/aromatic N) is 2. The molecule has 0 saturated heterocycles. The van der Waals surface area contributed by atoms with E-state index < -0.39 is 0 Å². The lowest BCUT2D eigenvalue weighted by Gasteiger charge is -2.13. The topological polar surface area (TPSA) is 65.4 Å².